The third kappa shape index (κ3) is 3.75. The van der Waals surface area contributed by atoms with Crippen LogP contribution in [0.15, 0.2) is 61.1 Å². The van der Waals surface area contributed by atoms with Gasteiger partial charge in [0, 0.05) is 25.5 Å². The Kier molecular flexibility index (Phi) is 5.20. The summed E-state index contributed by atoms with van der Waals surface area (Å²) in [6, 6.07) is 13.4. The molecule has 1 aromatic carbocycles. The van der Waals surface area contributed by atoms with Gasteiger partial charge in [-0.25, -0.2) is 4.68 Å². The van der Waals surface area contributed by atoms with Crippen LogP contribution in [-0.2, 0) is 6.54 Å². The maximum Gasteiger partial charge on any atom is 0.257 e. The fourth-order valence-corrected chi connectivity index (χ4v) is 2.70. The van der Waals surface area contributed by atoms with E-state index in [0.29, 0.717) is 12.1 Å². The fraction of sp³-hybridized carbons (Fsp3) is 0.211. The summed E-state index contributed by atoms with van der Waals surface area (Å²) in [7, 11) is 0. The van der Waals surface area contributed by atoms with Gasteiger partial charge in [0.05, 0.1) is 29.7 Å². The van der Waals surface area contributed by atoms with Gasteiger partial charge < -0.3 is 10.0 Å². The number of hydrogen-bond donors (Lipinski definition) is 1. The summed E-state index contributed by atoms with van der Waals surface area (Å²) in [4.78, 5) is 18.6. The van der Waals surface area contributed by atoms with Crippen LogP contribution in [0.25, 0.3) is 5.69 Å². The van der Waals surface area contributed by atoms with Crippen LogP contribution in [0.1, 0.15) is 21.6 Å². The molecule has 0 aliphatic heterocycles. The summed E-state index contributed by atoms with van der Waals surface area (Å²) >= 11 is 0. The van der Waals surface area contributed by atoms with Gasteiger partial charge in [0.15, 0.2) is 0 Å². The molecule has 0 aliphatic rings. The van der Waals surface area contributed by atoms with Gasteiger partial charge in [-0.3, -0.25) is 9.78 Å². The molecule has 0 saturated heterocycles. The molecule has 25 heavy (non-hydrogen) atoms. The molecule has 6 nitrogen and oxygen atoms in total. The van der Waals surface area contributed by atoms with Crippen LogP contribution in [0.4, 0.5) is 0 Å². The molecular formula is C19H20N4O2. The molecule has 0 bridgehead atoms. The van der Waals surface area contributed by atoms with Crippen LogP contribution in [-0.4, -0.2) is 43.8 Å². The van der Waals surface area contributed by atoms with E-state index >= 15 is 0 Å². The Balaban J connectivity index is 1.86. The highest BCUT2D eigenvalue weighted by Gasteiger charge is 2.21. The van der Waals surface area contributed by atoms with E-state index in [1.807, 2.05) is 49.4 Å². The molecule has 0 spiro atoms. The number of benzene rings is 1. The smallest absolute Gasteiger partial charge is 0.257 e. The highest BCUT2D eigenvalue weighted by atomic mass is 16.3. The number of aliphatic hydroxyl groups excluding tert-OH is 1. The van der Waals surface area contributed by atoms with Crippen molar-refractivity contribution in [3.63, 3.8) is 0 Å². The maximum atomic E-state index is 12.9. The average molecular weight is 336 g/mol. The number of hydrogen-bond acceptors (Lipinski definition) is 4. The van der Waals surface area contributed by atoms with Crippen molar-refractivity contribution in [2.45, 2.75) is 13.5 Å². The first kappa shape index (κ1) is 16.9. The zero-order valence-corrected chi connectivity index (χ0v) is 14.0. The molecule has 2 aromatic heterocycles. The van der Waals surface area contributed by atoms with Gasteiger partial charge in [-0.2, -0.15) is 5.10 Å². The molecule has 0 atom stereocenters. The molecule has 3 aromatic rings. The topological polar surface area (TPSA) is 71.2 Å². The van der Waals surface area contributed by atoms with Gasteiger partial charge in [0.1, 0.15) is 0 Å². The van der Waals surface area contributed by atoms with E-state index in [-0.39, 0.29) is 19.1 Å². The SMILES string of the molecule is Cc1c(C(=O)N(CCO)Cc2cccnc2)cnn1-c1ccccc1. The zero-order chi connectivity index (χ0) is 17.6. The summed E-state index contributed by atoms with van der Waals surface area (Å²) in [6.45, 7) is 2.42. The van der Waals surface area contributed by atoms with Crippen LogP contribution in [0.5, 0.6) is 0 Å². The summed E-state index contributed by atoms with van der Waals surface area (Å²) in [6.07, 6.45) is 4.99. The highest BCUT2D eigenvalue weighted by Crippen LogP contribution is 2.17. The third-order valence-electron chi connectivity index (χ3n) is 3.99. The van der Waals surface area contributed by atoms with Gasteiger partial charge in [-0.05, 0) is 30.7 Å². The molecular weight excluding hydrogens is 316 g/mol. The van der Waals surface area contributed by atoms with Crippen molar-refractivity contribution in [2.24, 2.45) is 0 Å². The Bertz CT molecular complexity index is 831. The van der Waals surface area contributed by atoms with Crippen molar-refractivity contribution in [3.05, 3.63) is 77.9 Å². The van der Waals surface area contributed by atoms with Crippen molar-refractivity contribution in [1.82, 2.24) is 19.7 Å². The van der Waals surface area contributed by atoms with E-state index in [2.05, 4.69) is 10.1 Å². The summed E-state index contributed by atoms with van der Waals surface area (Å²) < 4.78 is 1.74. The van der Waals surface area contributed by atoms with E-state index in [1.165, 1.54) is 0 Å². The number of nitrogens with zero attached hydrogens (tertiary/aromatic N) is 4. The van der Waals surface area contributed by atoms with E-state index < -0.39 is 0 Å². The van der Waals surface area contributed by atoms with Gasteiger partial charge >= 0.3 is 0 Å². The lowest BCUT2D eigenvalue weighted by molar-refractivity contribution is 0.0707. The van der Waals surface area contributed by atoms with E-state index in [4.69, 9.17) is 0 Å². The molecule has 3 rings (SSSR count). The second kappa shape index (κ2) is 7.72. The summed E-state index contributed by atoms with van der Waals surface area (Å²) in [5.41, 5.74) is 3.11. The summed E-state index contributed by atoms with van der Waals surface area (Å²) in [5.74, 6) is -0.155. The fourth-order valence-electron chi connectivity index (χ4n) is 2.70. The van der Waals surface area contributed by atoms with E-state index in [9.17, 15) is 9.90 Å². The zero-order valence-electron chi connectivity index (χ0n) is 14.0. The van der Waals surface area contributed by atoms with Gasteiger partial charge in [-0.1, -0.05) is 24.3 Å². The highest BCUT2D eigenvalue weighted by molar-refractivity contribution is 5.95. The molecule has 0 aliphatic carbocycles. The predicted octanol–water partition coefficient (Wildman–Crippen LogP) is 2.21. The Hall–Kier alpha value is -2.99. The molecule has 1 N–H and O–H groups in total. The van der Waals surface area contributed by atoms with Crippen LogP contribution in [0.3, 0.4) is 0 Å². The number of aliphatic hydroxyl groups is 1. The van der Waals surface area contributed by atoms with E-state index in [0.717, 1.165) is 16.9 Å². The van der Waals surface area contributed by atoms with Gasteiger partial charge in [0.2, 0.25) is 0 Å². The number of carbonyl (C=O) groups excluding carboxylic acids is 1. The first-order chi connectivity index (χ1) is 12.2. The minimum atomic E-state index is -0.155. The monoisotopic (exact) mass is 336 g/mol. The molecule has 0 unspecified atom stereocenters. The normalized spacial score (nSPS) is 10.6. The number of aromatic nitrogens is 3. The standard InChI is InChI=1S/C19H20N4O2/c1-15-18(13-21-23(15)17-7-3-2-4-8-17)19(25)22(10-11-24)14-16-6-5-9-20-12-16/h2-9,12-13,24H,10-11,14H2,1H3. The minimum absolute atomic E-state index is 0.0993. The van der Waals surface area contributed by atoms with Gasteiger partial charge in [-0.15, -0.1) is 0 Å². The maximum absolute atomic E-state index is 12.9. The van der Waals surface area contributed by atoms with Crippen LogP contribution in [0.2, 0.25) is 0 Å². The molecule has 128 valence electrons. The molecule has 6 heteroatoms. The Morgan fingerprint density at radius 3 is 2.64 bits per heavy atom. The lowest BCUT2D eigenvalue weighted by Gasteiger charge is -2.21. The molecule has 0 saturated carbocycles. The molecule has 1 amide bonds. The quantitative estimate of drug-likeness (QED) is 0.749. The number of rotatable bonds is 6. The van der Waals surface area contributed by atoms with E-state index in [1.54, 1.807) is 28.2 Å². The van der Waals surface area contributed by atoms with Crippen molar-refractivity contribution < 1.29 is 9.90 Å². The molecule has 0 radical (unpaired) electrons. The average Bonchev–Trinajstić information content (AvgIpc) is 3.04. The van der Waals surface area contributed by atoms with Crippen LogP contribution in [0, 0.1) is 6.92 Å². The second-order valence-electron chi connectivity index (χ2n) is 5.70. The second-order valence-corrected chi connectivity index (χ2v) is 5.70. The van der Waals surface area contributed by atoms with Gasteiger partial charge in [0.25, 0.3) is 5.91 Å². The van der Waals surface area contributed by atoms with Crippen molar-refractivity contribution in [1.29, 1.82) is 0 Å². The molecule has 2 heterocycles. The number of carbonyl (C=O) groups is 1. The molecule has 0 fully saturated rings. The lowest BCUT2D eigenvalue weighted by Crippen LogP contribution is -2.33. The van der Waals surface area contributed by atoms with Crippen LogP contribution < -0.4 is 0 Å². The Morgan fingerprint density at radius 2 is 1.96 bits per heavy atom. The van der Waals surface area contributed by atoms with Crippen molar-refractivity contribution in [3.8, 4) is 5.69 Å². The Labute approximate surface area is 146 Å². The minimum Gasteiger partial charge on any atom is -0.395 e. The number of pyridine rings is 1. The number of amides is 1. The van der Waals surface area contributed by atoms with Crippen molar-refractivity contribution in [2.75, 3.05) is 13.2 Å². The Morgan fingerprint density at radius 1 is 1.16 bits per heavy atom. The lowest BCUT2D eigenvalue weighted by atomic mass is 10.2. The third-order valence-corrected chi connectivity index (χ3v) is 3.99. The largest absolute Gasteiger partial charge is 0.395 e. The predicted molar refractivity (Wildman–Crippen MR) is 94.4 cm³/mol. The van der Waals surface area contributed by atoms with Crippen molar-refractivity contribution >= 4 is 5.91 Å². The summed E-state index contributed by atoms with van der Waals surface area (Å²) in [5, 5.41) is 13.7. The number of para-hydroxylation sites is 1. The van der Waals surface area contributed by atoms with Crippen LogP contribution >= 0.6 is 0 Å². The first-order valence-corrected chi connectivity index (χ1v) is 8.10. The first-order valence-electron chi connectivity index (χ1n) is 8.10.